The number of amides is 1. The Bertz CT molecular complexity index is 1080. The zero-order chi connectivity index (χ0) is 21.8. The topological polar surface area (TPSA) is 64.8 Å². The van der Waals surface area contributed by atoms with E-state index in [1.165, 1.54) is 11.1 Å². The SMILES string of the molecule is COc1cc(C(=O)N2CC=C(c3ccccc3)CC2)ccc1OCc1c(C)noc1C. The molecule has 0 spiro atoms. The molecule has 0 fully saturated rings. The third-order valence-corrected chi connectivity index (χ3v) is 5.60. The van der Waals surface area contributed by atoms with E-state index in [4.69, 9.17) is 14.0 Å². The molecule has 2 heterocycles. The minimum atomic E-state index is -0.0149. The van der Waals surface area contributed by atoms with Gasteiger partial charge in [0.25, 0.3) is 5.91 Å². The van der Waals surface area contributed by atoms with Gasteiger partial charge in [-0.3, -0.25) is 4.79 Å². The van der Waals surface area contributed by atoms with Crippen LogP contribution in [0.25, 0.3) is 5.57 Å². The number of carbonyl (C=O) groups excluding carboxylic acids is 1. The Kier molecular flexibility index (Phi) is 6.07. The summed E-state index contributed by atoms with van der Waals surface area (Å²) >= 11 is 0. The van der Waals surface area contributed by atoms with E-state index in [9.17, 15) is 4.79 Å². The van der Waals surface area contributed by atoms with E-state index in [1.54, 1.807) is 25.3 Å². The monoisotopic (exact) mass is 418 g/mol. The molecule has 0 unspecified atom stereocenters. The van der Waals surface area contributed by atoms with Gasteiger partial charge in [-0.05, 0) is 49.6 Å². The lowest BCUT2D eigenvalue weighted by atomic mass is 9.99. The van der Waals surface area contributed by atoms with Crippen LogP contribution in [0.2, 0.25) is 0 Å². The zero-order valence-corrected chi connectivity index (χ0v) is 18.1. The van der Waals surface area contributed by atoms with Crippen molar-refractivity contribution in [2.24, 2.45) is 0 Å². The summed E-state index contributed by atoms with van der Waals surface area (Å²) in [4.78, 5) is 14.9. The maximum atomic E-state index is 13.0. The summed E-state index contributed by atoms with van der Waals surface area (Å²) < 4.78 is 16.6. The van der Waals surface area contributed by atoms with Crippen LogP contribution in [0.15, 0.2) is 59.1 Å². The molecule has 2 aromatic carbocycles. The first kappa shape index (κ1) is 20.7. The van der Waals surface area contributed by atoms with Crippen molar-refractivity contribution < 1.29 is 18.8 Å². The fourth-order valence-electron chi connectivity index (χ4n) is 3.73. The van der Waals surface area contributed by atoms with Gasteiger partial charge in [-0.15, -0.1) is 0 Å². The Labute approximate surface area is 182 Å². The molecule has 0 aliphatic carbocycles. The summed E-state index contributed by atoms with van der Waals surface area (Å²) in [6, 6.07) is 15.6. The number of methoxy groups -OCH3 is 1. The van der Waals surface area contributed by atoms with Crippen LogP contribution >= 0.6 is 0 Å². The molecule has 31 heavy (non-hydrogen) atoms. The van der Waals surface area contributed by atoms with Gasteiger partial charge in [0.15, 0.2) is 11.5 Å². The highest BCUT2D eigenvalue weighted by molar-refractivity contribution is 5.95. The Morgan fingerprint density at radius 2 is 1.94 bits per heavy atom. The Hall–Kier alpha value is -3.54. The lowest BCUT2D eigenvalue weighted by Gasteiger charge is -2.27. The van der Waals surface area contributed by atoms with Crippen molar-refractivity contribution in [2.75, 3.05) is 20.2 Å². The highest BCUT2D eigenvalue weighted by atomic mass is 16.5. The van der Waals surface area contributed by atoms with Crippen LogP contribution in [-0.4, -0.2) is 36.2 Å². The number of ether oxygens (including phenoxy) is 2. The van der Waals surface area contributed by atoms with E-state index in [0.717, 1.165) is 23.4 Å². The first-order valence-corrected chi connectivity index (χ1v) is 10.3. The number of benzene rings is 2. The number of hydrogen-bond acceptors (Lipinski definition) is 5. The quantitative estimate of drug-likeness (QED) is 0.575. The van der Waals surface area contributed by atoms with E-state index in [0.29, 0.717) is 36.8 Å². The Morgan fingerprint density at radius 1 is 1.13 bits per heavy atom. The smallest absolute Gasteiger partial charge is 0.254 e. The van der Waals surface area contributed by atoms with Gasteiger partial charge in [0.1, 0.15) is 12.4 Å². The summed E-state index contributed by atoms with van der Waals surface area (Å²) in [5, 5.41) is 3.94. The first-order chi connectivity index (χ1) is 15.1. The average molecular weight is 418 g/mol. The van der Waals surface area contributed by atoms with Crippen molar-refractivity contribution in [2.45, 2.75) is 26.9 Å². The second-order valence-corrected chi connectivity index (χ2v) is 7.55. The fraction of sp³-hybridized carbons (Fsp3) is 0.280. The molecule has 0 radical (unpaired) electrons. The van der Waals surface area contributed by atoms with Gasteiger partial charge in [-0.25, -0.2) is 0 Å². The molecule has 6 heteroatoms. The van der Waals surface area contributed by atoms with E-state index in [1.807, 2.05) is 36.9 Å². The van der Waals surface area contributed by atoms with Crippen LogP contribution < -0.4 is 9.47 Å². The average Bonchev–Trinajstić information content (AvgIpc) is 3.14. The minimum Gasteiger partial charge on any atom is -0.493 e. The second-order valence-electron chi connectivity index (χ2n) is 7.55. The maximum Gasteiger partial charge on any atom is 0.254 e. The third-order valence-electron chi connectivity index (χ3n) is 5.60. The third kappa shape index (κ3) is 4.48. The van der Waals surface area contributed by atoms with Crippen molar-refractivity contribution in [3.8, 4) is 11.5 Å². The summed E-state index contributed by atoms with van der Waals surface area (Å²) in [6.07, 6.45) is 2.97. The van der Waals surface area contributed by atoms with E-state index in [2.05, 4.69) is 23.4 Å². The molecule has 160 valence electrons. The number of carbonyl (C=O) groups is 1. The number of nitrogens with zero attached hydrogens (tertiary/aromatic N) is 2. The summed E-state index contributed by atoms with van der Waals surface area (Å²) in [7, 11) is 1.57. The van der Waals surface area contributed by atoms with Crippen LogP contribution in [0.1, 0.15) is 39.4 Å². The summed E-state index contributed by atoms with van der Waals surface area (Å²) in [5.41, 5.74) is 4.80. The fourth-order valence-corrected chi connectivity index (χ4v) is 3.73. The van der Waals surface area contributed by atoms with Crippen molar-refractivity contribution in [1.82, 2.24) is 10.1 Å². The second kappa shape index (κ2) is 9.08. The molecule has 1 aromatic heterocycles. The maximum absolute atomic E-state index is 13.0. The predicted octanol–water partition coefficient (Wildman–Crippen LogP) is 4.81. The van der Waals surface area contributed by atoms with Gasteiger partial charge in [0, 0.05) is 18.7 Å². The Morgan fingerprint density at radius 3 is 2.58 bits per heavy atom. The van der Waals surface area contributed by atoms with Crippen LogP contribution in [0.5, 0.6) is 11.5 Å². The Balaban J connectivity index is 1.45. The first-order valence-electron chi connectivity index (χ1n) is 10.3. The summed E-state index contributed by atoms with van der Waals surface area (Å²) in [6.45, 7) is 5.34. The molecule has 0 bridgehead atoms. The van der Waals surface area contributed by atoms with E-state index in [-0.39, 0.29) is 5.91 Å². The normalized spacial score (nSPS) is 13.6. The van der Waals surface area contributed by atoms with Gasteiger partial charge in [0.2, 0.25) is 0 Å². The molecule has 0 saturated heterocycles. The highest BCUT2D eigenvalue weighted by Crippen LogP contribution is 2.31. The van der Waals surface area contributed by atoms with Crippen LogP contribution in [0.3, 0.4) is 0 Å². The molecule has 6 nitrogen and oxygen atoms in total. The number of rotatable bonds is 6. The largest absolute Gasteiger partial charge is 0.493 e. The van der Waals surface area contributed by atoms with Gasteiger partial charge in [0.05, 0.1) is 18.4 Å². The number of aryl methyl sites for hydroxylation is 2. The lowest BCUT2D eigenvalue weighted by Crippen LogP contribution is -2.34. The molecule has 0 saturated carbocycles. The van der Waals surface area contributed by atoms with Gasteiger partial charge >= 0.3 is 0 Å². The summed E-state index contributed by atoms with van der Waals surface area (Å²) in [5.74, 6) is 1.81. The van der Waals surface area contributed by atoms with Gasteiger partial charge in [-0.2, -0.15) is 0 Å². The minimum absolute atomic E-state index is 0.0149. The zero-order valence-electron chi connectivity index (χ0n) is 18.1. The lowest BCUT2D eigenvalue weighted by molar-refractivity contribution is 0.0772. The number of hydrogen-bond donors (Lipinski definition) is 0. The van der Waals surface area contributed by atoms with Crippen LogP contribution in [0.4, 0.5) is 0 Å². The molecular formula is C25H26N2O4. The van der Waals surface area contributed by atoms with Crippen molar-refractivity contribution in [3.05, 3.63) is 82.8 Å². The molecule has 1 aliphatic rings. The van der Waals surface area contributed by atoms with Gasteiger partial charge in [-0.1, -0.05) is 41.6 Å². The molecule has 0 atom stereocenters. The molecule has 1 aliphatic heterocycles. The molecule has 0 N–H and O–H groups in total. The highest BCUT2D eigenvalue weighted by Gasteiger charge is 2.21. The predicted molar refractivity (Wildman–Crippen MR) is 118 cm³/mol. The molecule has 4 rings (SSSR count). The van der Waals surface area contributed by atoms with Crippen LogP contribution in [-0.2, 0) is 6.61 Å². The van der Waals surface area contributed by atoms with Crippen molar-refractivity contribution >= 4 is 11.5 Å². The standard InChI is InChI=1S/C25H26N2O4/c1-17-22(18(2)31-26-17)16-30-23-10-9-21(15-24(23)29-3)25(28)27-13-11-20(12-14-27)19-7-5-4-6-8-19/h4-11,15H,12-14,16H2,1-3H3. The van der Waals surface area contributed by atoms with E-state index >= 15 is 0 Å². The van der Waals surface area contributed by atoms with E-state index < -0.39 is 0 Å². The molecule has 1 amide bonds. The van der Waals surface area contributed by atoms with Gasteiger partial charge < -0.3 is 18.9 Å². The molecule has 3 aromatic rings. The van der Waals surface area contributed by atoms with Crippen molar-refractivity contribution in [3.63, 3.8) is 0 Å². The van der Waals surface area contributed by atoms with Crippen molar-refractivity contribution in [1.29, 1.82) is 0 Å². The van der Waals surface area contributed by atoms with Crippen LogP contribution in [0, 0.1) is 13.8 Å². The number of aromatic nitrogens is 1. The molecular weight excluding hydrogens is 392 g/mol.